The van der Waals surface area contributed by atoms with Gasteiger partial charge < -0.3 is 14.6 Å². The maximum Gasteiger partial charge on any atom is 0.234 e. The number of hydrogen-bond donors (Lipinski definition) is 1. The molecule has 0 aliphatic heterocycles. The SMILES string of the molecule is CCn1c(SCC(=O)Nc2c(C)cccc2C)nnc1C(C)Oc1ccc(C)cc1. The number of nitrogens with zero attached hydrogens (tertiary/aromatic N) is 3. The minimum atomic E-state index is -0.252. The number of anilines is 1. The van der Waals surface area contributed by atoms with Crippen molar-refractivity contribution in [2.75, 3.05) is 11.1 Å². The molecule has 0 radical (unpaired) electrons. The number of ether oxygens (including phenoxy) is 1. The second kappa shape index (κ2) is 9.80. The van der Waals surface area contributed by atoms with Crippen molar-refractivity contribution in [3.05, 3.63) is 65.0 Å². The molecule has 0 aliphatic carbocycles. The van der Waals surface area contributed by atoms with Crippen LogP contribution in [0, 0.1) is 20.8 Å². The smallest absolute Gasteiger partial charge is 0.234 e. The number of carbonyl (C=O) groups is 1. The summed E-state index contributed by atoms with van der Waals surface area (Å²) in [6.07, 6.45) is -0.252. The molecule has 0 saturated heterocycles. The van der Waals surface area contributed by atoms with E-state index in [1.165, 1.54) is 17.3 Å². The highest BCUT2D eigenvalue weighted by Gasteiger charge is 2.19. The van der Waals surface area contributed by atoms with Gasteiger partial charge in [-0.15, -0.1) is 10.2 Å². The number of para-hydroxylation sites is 1. The van der Waals surface area contributed by atoms with E-state index in [1.807, 2.05) is 81.7 Å². The number of hydrogen-bond acceptors (Lipinski definition) is 5. The zero-order valence-corrected chi connectivity index (χ0v) is 18.9. The molecule has 30 heavy (non-hydrogen) atoms. The molecule has 1 atom stereocenters. The summed E-state index contributed by atoms with van der Waals surface area (Å²) in [7, 11) is 0. The molecule has 1 unspecified atom stereocenters. The molecule has 1 heterocycles. The first-order chi connectivity index (χ1) is 14.4. The molecule has 2 aromatic carbocycles. The van der Waals surface area contributed by atoms with Crippen LogP contribution in [0.2, 0.25) is 0 Å². The van der Waals surface area contributed by atoms with Crippen LogP contribution in [0.3, 0.4) is 0 Å². The maximum absolute atomic E-state index is 12.5. The normalized spacial score (nSPS) is 11.9. The number of rotatable bonds is 8. The summed E-state index contributed by atoms with van der Waals surface area (Å²) in [4.78, 5) is 12.5. The van der Waals surface area contributed by atoms with Crippen LogP contribution in [-0.4, -0.2) is 26.4 Å². The number of amides is 1. The van der Waals surface area contributed by atoms with Crippen LogP contribution >= 0.6 is 11.8 Å². The number of thioether (sulfide) groups is 1. The number of aryl methyl sites for hydroxylation is 3. The number of carbonyl (C=O) groups excluding carboxylic acids is 1. The summed E-state index contributed by atoms with van der Waals surface area (Å²) in [6.45, 7) is 10.7. The lowest BCUT2D eigenvalue weighted by molar-refractivity contribution is -0.113. The highest BCUT2D eigenvalue weighted by atomic mass is 32.2. The van der Waals surface area contributed by atoms with E-state index in [0.717, 1.165) is 28.4 Å². The molecule has 7 heteroatoms. The summed E-state index contributed by atoms with van der Waals surface area (Å²) < 4.78 is 8.03. The Morgan fingerprint density at radius 1 is 1.10 bits per heavy atom. The third kappa shape index (κ3) is 5.21. The van der Waals surface area contributed by atoms with Crippen LogP contribution in [0.25, 0.3) is 0 Å². The first-order valence-electron chi connectivity index (χ1n) is 10.0. The third-order valence-corrected chi connectivity index (χ3v) is 5.80. The van der Waals surface area contributed by atoms with Gasteiger partial charge in [0.25, 0.3) is 0 Å². The van der Waals surface area contributed by atoms with Gasteiger partial charge in [-0.1, -0.05) is 47.7 Å². The van der Waals surface area contributed by atoms with Gasteiger partial charge in [0.05, 0.1) is 5.75 Å². The zero-order valence-electron chi connectivity index (χ0n) is 18.1. The van der Waals surface area contributed by atoms with Crippen molar-refractivity contribution in [1.82, 2.24) is 14.8 Å². The summed E-state index contributed by atoms with van der Waals surface area (Å²) in [5.74, 6) is 1.74. The van der Waals surface area contributed by atoms with E-state index in [-0.39, 0.29) is 17.8 Å². The first-order valence-corrected chi connectivity index (χ1v) is 11.0. The van der Waals surface area contributed by atoms with Crippen molar-refractivity contribution in [2.24, 2.45) is 0 Å². The van der Waals surface area contributed by atoms with Crippen LogP contribution in [0.4, 0.5) is 5.69 Å². The Morgan fingerprint density at radius 3 is 2.40 bits per heavy atom. The Kier molecular flexibility index (Phi) is 7.15. The molecule has 0 saturated carbocycles. The Balaban J connectivity index is 1.65. The summed E-state index contributed by atoms with van der Waals surface area (Å²) in [5.41, 5.74) is 4.16. The fourth-order valence-corrected chi connectivity index (χ4v) is 4.01. The van der Waals surface area contributed by atoms with Crippen LogP contribution in [0.15, 0.2) is 47.6 Å². The van der Waals surface area contributed by atoms with Gasteiger partial charge in [-0.05, 0) is 57.9 Å². The zero-order chi connectivity index (χ0) is 21.7. The molecule has 158 valence electrons. The van der Waals surface area contributed by atoms with Crippen molar-refractivity contribution in [3.63, 3.8) is 0 Å². The second-order valence-electron chi connectivity index (χ2n) is 7.26. The molecule has 0 spiro atoms. The van der Waals surface area contributed by atoms with E-state index in [0.29, 0.717) is 11.7 Å². The van der Waals surface area contributed by atoms with E-state index in [4.69, 9.17) is 4.74 Å². The second-order valence-corrected chi connectivity index (χ2v) is 8.20. The fourth-order valence-electron chi connectivity index (χ4n) is 3.20. The molecule has 1 N–H and O–H groups in total. The predicted octanol–water partition coefficient (Wildman–Crippen LogP) is 5.09. The van der Waals surface area contributed by atoms with E-state index < -0.39 is 0 Å². The Bertz CT molecular complexity index is 994. The molecule has 6 nitrogen and oxygen atoms in total. The van der Waals surface area contributed by atoms with Gasteiger partial charge in [0.1, 0.15) is 5.75 Å². The van der Waals surface area contributed by atoms with Crippen LogP contribution in [0.1, 0.15) is 42.5 Å². The van der Waals surface area contributed by atoms with Gasteiger partial charge in [-0.3, -0.25) is 4.79 Å². The molecule has 0 aliphatic rings. The molecular weight excluding hydrogens is 396 g/mol. The minimum Gasteiger partial charge on any atom is -0.483 e. The summed E-state index contributed by atoms with van der Waals surface area (Å²) >= 11 is 1.38. The average molecular weight is 425 g/mol. The minimum absolute atomic E-state index is 0.0615. The van der Waals surface area contributed by atoms with Crippen molar-refractivity contribution < 1.29 is 9.53 Å². The Labute approximate surface area is 182 Å². The monoisotopic (exact) mass is 424 g/mol. The topological polar surface area (TPSA) is 69.0 Å². The van der Waals surface area contributed by atoms with Gasteiger partial charge in [-0.25, -0.2) is 0 Å². The van der Waals surface area contributed by atoms with E-state index in [1.54, 1.807) is 0 Å². The van der Waals surface area contributed by atoms with Gasteiger partial charge in [0, 0.05) is 12.2 Å². The largest absolute Gasteiger partial charge is 0.483 e. The molecule has 1 aromatic heterocycles. The van der Waals surface area contributed by atoms with Crippen LogP contribution in [0.5, 0.6) is 5.75 Å². The third-order valence-electron chi connectivity index (χ3n) is 4.84. The molecule has 3 aromatic rings. The van der Waals surface area contributed by atoms with Gasteiger partial charge in [-0.2, -0.15) is 0 Å². The molecular formula is C23H28N4O2S. The lowest BCUT2D eigenvalue weighted by Gasteiger charge is -2.16. The number of nitrogens with one attached hydrogen (secondary N) is 1. The highest BCUT2D eigenvalue weighted by molar-refractivity contribution is 7.99. The molecule has 1 amide bonds. The van der Waals surface area contributed by atoms with Crippen molar-refractivity contribution in [2.45, 2.75) is 52.4 Å². The number of aromatic nitrogens is 3. The maximum atomic E-state index is 12.5. The predicted molar refractivity (Wildman–Crippen MR) is 121 cm³/mol. The highest BCUT2D eigenvalue weighted by Crippen LogP contribution is 2.25. The van der Waals surface area contributed by atoms with Gasteiger partial charge in [0.15, 0.2) is 17.1 Å². The summed E-state index contributed by atoms with van der Waals surface area (Å²) in [5, 5.41) is 12.3. The molecule has 3 rings (SSSR count). The summed E-state index contributed by atoms with van der Waals surface area (Å²) in [6, 6.07) is 13.9. The Hall–Kier alpha value is -2.80. The fraction of sp³-hybridized carbons (Fsp3) is 0.348. The average Bonchev–Trinajstić information content (AvgIpc) is 3.14. The van der Waals surface area contributed by atoms with E-state index >= 15 is 0 Å². The van der Waals surface area contributed by atoms with Crippen molar-refractivity contribution in [1.29, 1.82) is 0 Å². The number of benzene rings is 2. The molecule has 0 fully saturated rings. The Morgan fingerprint density at radius 2 is 1.77 bits per heavy atom. The van der Waals surface area contributed by atoms with Gasteiger partial charge >= 0.3 is 0 Å². The van der Waals surface area contributed by atoms with E-state index in [2.05, 4.69) is 15.5 Å². The standard InChI is InChI=1S/C23H28N4O2S/c1-6-27-22(18(5)29-19-12-10-15(2)11-13-19)25-26-23(27)30-14-20(28)24-21-16(3)8-7-9-17(21)4/h7-13,18H,6,14H2,1-5H3,(H,24,28). The molecule has 0 bridgehead atoms. The van der Waals surface area contributed by atoms with Crippen LogP contribution < -0.4 is 10.1 Å². The van der Waals surface area contributed by atoms with E-state index in [9.17, 15) is 4.79 Å². The van der Waals surface area contributed by atoms with Crippen LogP contribution in [-0.2, 0) is 11.3 Å². The van der Waals surface area contributed by atoms with Crippen molar-refractivity contribution >= 4 is 23.4 Å². The lowest BCUT2D eigenvalue weighted by atomic mass is 10.1. The quantitative estimate of drug-likeness (QED) is 0.510. The lowest BCUT2D eigenvalue weighted by Crippen LogP contribution is -2.16. The van der Waals surface area contributed by atoms with Crippen molar-refractivity contribution in [3.8, 4) is 5.75 Å². The first kappa shape index (κ1) is 21.9. The van der Waals surface area contributed by atoms with Gasteiger partial charge in [0.2, 0.25) is 5.91 Å².